The summed E-state index contributed by atoms with van der Waals surface area (Å²) in [4.78, 5) is 16.5. The van der Waals surface area contributed by atoms with Crippen molar-refractivity contribution in [3.05, 3.63) is 0 Å². The number of morpholine rings is 1. The standard InChI is InChI=1S/C15H26F3N3O2/c1-12(9-20-5-7-23-8-6-20)21-4-2-3-13(10-21)14(22)19-11-15(16,17)18/h12-13H,2-11H2,1H3,(H,19,22)/t12-,13+/m1/s1. The number of carbonyl (C=O) groups is 1. The number of piperidine rings is 1. The van der Waals surface area contributed by atoms with Crippen molar-refractivity contribution < 1.29 is 22.7 Å². The topological polar surface area (TPSA) is 44.8 Å². The molecular weight excluding hydrogens is 311 g/mol. The van der Waals surface area contributed by atoms with E-state index < -0.39 is 18.6 Å². The summed E-state index contributed by atoms with van der Waals surface area (Å²) in [6, 6.07) is 0.284. The van der Waals surface area contributed by atoms with Crippen LogP contribution in [0, 0.1) is 5.92 Å². The molecule has 0 aromatic rings. The fourth-order valence-corrected chi connectivity index (χ4v) is 3.23. The first kappa shape index (κ1) is 18.5. The molecule has 1 N–H and O–H groups in total. The maximum atomic E-state index is 12.2. The van der Waals surface area contributed by atoms with Gasteiger partial charge in [0.05, 0.1) is 19.1 Å². The quantitative estimate of drug-likeness (QED) is 0.816. The highest BCUT2D eigenvalue weighted by Gasteiger charge is 2.32. The zero-order chi connectivity index (χ0) is 16.9. The number of amides is 1. The smallest absolute Gasteiger partial charge is 0.379 e. The van der Waals surface area contributed by atoms with Crippen LogP contribution in [-0.2, 0) is 9.53 Å². The van der Waals surface area contributed by atoms with Crippen molar-refractivity contribution >= 4 is 5.91 Å². The zero-order valence-corrected chi connectivity index (χ0v) is 13.6. The number of hydrogen-bond acceptors (Lipinski definition) is 4. The van der Waals surface area contributed by atoms with E-state index in [1.807, 2.05) is 5.32 Å². The van der Waals surface area contributed by atoms with Gasteiger partial charge >= 0.3 is 6.18 Å². The SMILES string of the molecule is C[C@H](CN1CCOCC1)N1CCC[C@H](C(=O)NCC(F)(F)F)C1. The van der Waals surface area contributed by atoms with Crippen molar-refractivity contribution in [1.29, 1.82) is 0 Å². The van der Waals surface area contributed by atoms with Gasteiger partial charge in [0.15, 0.2) is 0 Å². The van der Waals surface area contributed by atoms with Gasteiger partial charge in [0.1, 0.15) is 6.54 Å². The molecule has 0 radical (unpaired) electrons. The summed E-state index contributed by atoms with van der Waals surface area (Å²) in [7, 11) is 0. The van der Waals surface area contributed by atoms with Crippen molar-refractivity contribution in [2.45, 2.75) is 32.0 Å². The van der Waals surface area contributed by atoms with Crippen molar-refractivity contribution in [2.24, 2.45) is 5.92 Å². The summed E-state index contributed by atoms with van der Waals surface area (Å²) in [6.45, 7) is 6.52. The first-order valence-electron chi connectivity index (χ1n) is 8.24. The molecule has 2 fully saturated rings. The Kier molecular flexibility index (Phi) is 6.67. The lowest BCUT2D eigenvalue weighted by atomic mass is 9.96. The van der Waals surface area contributed by atoms with Crippen LogP contribution in [0.4, 0.5) is 13.2 Å². The van der Waals surface area contributed by atoms with Crippen LogP contribution >= 0.6 is 0 Å². The molecule has 0 spiro atoms. The molecular formula is C15H26F3N3O2. The van der Waals surface area contributed by atoms with Gasteiger partial charge in [-0.3, -0.25) is 14.6 Å². The van der Waals surface area contributed by atoms with Gasteiger partial charge in [0.2, 0.25) is 5.91 Å². The first-order chi connectivity index (χ1) is 10.8. The Morgan fingerprint density at radius 3 is 2.65 bits per heavy atom. The summed E-state index contributed by atoms with van der Waals surface area (Å²) >= 11 is 0. The molecule has 0 saturated carbocycles. The van der Waals surface area contributed by atoms with Crippen molar-refractivity contribution in [3.63, 3.8) is 0 Å². The fraction of sp³-hybridized carbons (Fsp3) is 0.933. The van der Waals surface area contributed by atoms with E-state index in [1.165, 1.54) is 0 Å². The van der Waals surface area contributed by atoms with Crippen molar-refractivity contribution in [2.75, 3.05) is 52.5 Å². The number of nitrogens with zero attached hydrogens (tertiary/aromatic N) is 2. The highest BCUT2D eigenvalue weighted by atomic mass is 19.4. The molecule has 2 aliphatic rings. The summed E-state index contributed by atoms with van der Waals surface area (Å²) in [5, 5.41) is 2.02. The second kappa shape index (κ2) is 8.30. The van der Waals surface area contributed by atoms with E-state index >= 15 is 0 Å². The average molecular weight is 337 g/mol. The number of likely N-dealkylation sites (tertiary alicyclic amines) is 1. The Hall–Kier alpha value is -0.860. The van der Waals surface area contributed by atoms with Crippen LogP contribution in [0.15, 0.2) is 0 Å². The minimum Gasteiger partial charge on any atom is -0.379 e. The normalized spacial score (nSPS) is 26.0. The van der Waals surface area contributed by atoms with Gasteiger partial charge in [-0.2, -0.15) is 13.2 Å². The molecule has 134 valence electrons. The number of alkyl halides is 3. The molecule has 8 heteroatoms. The van der Waals surface area contributed by atoms with E-state index in [9.17, 15) is 18.0 Å². The third-order valence-electron chi connectivity index (χ3n) is 4.54. The predicted octanol–water partition coefficient (Wildman–Crippen LogP) is 1.10. The Morgan fingerprint density at radius 1 is 1.30 bits per heavy atom. The van der Waals surface area contributed by atoms with E-state index in [0.717, 1.165) is 45.8 Å². The number of hydrogen-bond donors (Lipinski definition) is 1. The summed E-state index contributed by atoms with van der Waals surface area (Å²) in [6.07, 6.45) is -2.85. The Balaban J connectivity index is 1.78. The summed E-state index contributed by atoms with van der Waals surface area (Å²) in [5.74, 6) is -0.830. The molecule has 2 aliphatic heterocycles. The van der Waals surface area contributed by atoms with Gasteiger partial charge in [0.25, 0.3) is 0 Å². The third kappa shape index (κ3) is 6.27. The second-order valence-corrected chi connectivity index (χ2v) is 6.43. The molecule has 0 bridgehead atoms. The molecule has 2 atom stereocenters. The number of nitrogens with one attached hydrogen (secondary N) is 1. The van der Waals surface area contributed by atoms with Crippen LogP contribution in [0.5, 0.6) is 0 Å². The van der Waals surface area contributed by atoms with E-state index in [4.69, 9.17) is 4.74 Å². The number of carbonyl (C=O) groups excluding carboxylic acids is 1. The molecule has 1 amide bonds. The number of halogens is 3. The van der Waals surface area contributed by atoms with E-state index in [2.05, 4.69) is 16.7 Å². The average Bonchev–Trinajstić information content (AvgIpc) is 2.53. The van der Waals surface area contributed by atoms with Gasteiger partial charge in [-0.05, 0) is 26.3 Å². The van der Waals surface area contributed by atoms with Gasteiger partial charge in [-0.15, -0.1) is 0 Å². The van der Waals surface area contributed by atoms with Crippen LogP contribution in [-0.4, -0.2) is 80.4 Å². The van der Waals surface area contributed by atoms with Crippen molar-refractivity contribution in [1.82, 2.24) is 15.1 Å². The summed E-state index contributed by atoms with van der Waals surface area (Å²) in [5.41, 5.74) is 0. The number of rotatable bonds is 5. The van der Waals surface area contributed by atoms with Gasteiger partial charge in [-0.1, -0.05) is 0 Å². The molecule has 2 heterocycles. The van der Waals surface area contributed by atoms with Crippen LogP contribution in [0.2, 0.25) is 0 Å². The molecule has 0 aromatic carbocycles. The Labute approximate surface area is 135 Å². The first-order valence-corrected chi connectivity index (χ1v) is 8.24. The zero-order valence-electron chi connectivity index (χ0n) is 13.6. The van der Waals surface area contributed by atoms with Crippen LogP contribution in [0.25, 0.3) is 0 Å². The number of ether oxygens (including phenoxy) is 1. The lowest BCUT2D eigenvalue weighted by Gasteiger charge is -2.39. The summed E-state index contributed by atoms with van der Waals surface area (Å²) < 4.78 is 42.0. The second-order valence-electron chi connectivity index (χ2n) is 6.43. The van der Waals surface area contributed by atoms with Crippen LogP contribution in [0.1, 0.15) is 19.8 Å². The lowest BCUT2D eigenvalue weighted by Crippen LogP contribution is -2.51. The molecule has 23 heavy (non-hydrogen) atoms. The van der Waals surface area contributed by atoms with E-state index in [-0.39, 0.29) is 12.0 Å². The monoisotopic (exact) mass is 337 g/mol. The van der Waals surface area contributed by atoms with Crippen molar-refractivity contribution in [3.8, 4) is 0 Å². The van der Waals surface area contributed by atoms with E-state index in [0.29, 0.717) is 13.0 Å². The fourth-order valence-electron chi connectivity index (χ4n) is 3.23. The molecule has 2 rings (SSSR count). The van der Waals surface area contributed by atoms with Gasteiger partial charge < -0.3 is 10.1 Å². The molecule has 2 saturated heterocycles. The lowest BCUT2D eigenvalue weighted by molar-refractivity contribution is -0.142. The minimum atomic E-state index is -4.35. The maximum Gasteiger partial charge on any atom is 0.405 e. The highest BCUT2D eigenvalue weighted by molar-refractivity contribution is 5.79. The molecule has 5 nitrogen and oxygen atoms in total. The minimum absolute atomic E-state index is 0.284. The molecule has 0 unspecified atom stereocenters. The largest absolute Gasteiger partial charge is 0.405 e. The molecule has 0 aliphatic carbocycles. The van der Waals surface area contributed by atoms with Crippen LogP contribution in [0.3, 0.4) is 0 Å². The highest BCUT2D eigenvalue weighted by Crippen LogP contribution is 2.20. The predicted molar refractivity (Wildman–Crippen MR) is 80.1 cm³/mol. The van der Waals surface area contributed by atoms with Crippen LogP contribution < -0.4 is 5.32 Å². The van der Waals surface area contributed by atoms with E-state index in [1.54, 1.807) is 0 Å². The molecule has 0 aromatic heterocycles. The Morgan fingerprint density at radius 2 is 2.00 bits per heavy atom. The maximum absolute atomic E-state index is 12.2. The third-order valence-corrected chi connectivity index (χ3v) is 4.54. The van der Waals surface area contributed by atoms with Gasteiger partial charge in [0, 0.05) is 32.2 Å². The van der Waals surface area contributed by atoms with Gasteiger partial charge in [-0.25, -0.2) is 0 Å². The Bertz CT molecular complexity index is 387.